The number of amides is 6. The third-order valence-electron chi connectivity index (χ3n) is 4.79. The average Bonchev–Trinajstić information content (AvgIpc) is 2.97. The summed E-state index contributed by atoms with van der Waals surface area (Å²) in [5, 5.41) is 6.89. The van der Waals surface area contributed by atoms with Crippen molar-refractivity contribution in [2.75, 3.05) is 13.6 Å². The molecule has 10 heteroatoms. The number of ether oxygens (including phenoxy) is 1. The van der Waals surface area contributed by atoms with Gasteiger partial charge in [-0.1, -0.05) is 44.2 Å². The van der Waals surface area contributed by atoms with Crippen molar-refractivity contribution >= 4 is 29.8 Å². The fourth-order valence-electron chi connectivity index (χ4n) is 2.99. The van der Waals surface area contributed by atoms with Gasteiger partial charge in [-0.25, -0.2) is 9.59 Å². The van der Waals surface area contributed by atoms with Crippen LogP contribution in [0.4, 0.5) is 9.59 Å². The molecule has 10 nitrogen and oxygen atoms in total. The Hall–Kier alpha value is -3.43. The van der Waals surface area contributed by atoms with Crippen molar-refractivity contribution in [3.8, 4) is 0 Å². The van der Waals surface area contributed by atoms with Crippen LogP contribution in [0.25, 0.3) is 0 Å². The lowest BCUT2D eigenvalue weighted by Crippen LogP contribution is -2.46. The third-order valence-corrected chi connectivity index (χ3v) is 4.79. The molecule has 2 rings (SSSR count). The van der Waals surface area contributed by atoms with E-state index in [1.807, 2.05) is 0 Å². The van der Waals surface area contributed by atoms with Crippen LogP contribution >= 0.6 is 0 Å². The maximum Gasteiger partial charge on any atom is 0.327 e. The number of carbonyl (C=O) groups excluding carboxylic acids is 5. The summed E-state index contributed by atoms with van der Waals surface area (Å²) in [4.78, 5) is 61.9. The molecular formula is C19H24N4O6. The summed E-state index contributed by atoms with van der Waals surface area (Å²) in [5.74, 6) is -2.34. The minimum absolute atomic E-state index is 0.330. The second-order valence-electron chi connectivity index (χ2n) is 6.46. The van der Waals surface area contributed by atoms with E-state index in [1.165, 1.54) is 7.05 Å². The van der Waals surface area contributed by atoms with Crippen molar-refractivity contribution in [3.63, 3.8) is 0 Å². The molecular weight excluding hydrogens is 380 g/mol. The molecule has 6 amide bonds. The van der Waals surface area contributed by atoms with Gasteiger partial charge < -0.3 is 15.4 Å². The number of benzene rings is 1. The normalized spacial score (nSPS) is 16.0. The monoisotopic (exact) mass is 404 g/mol. The van der Waals surface area contributed by atoms with Crippen LogP contribution in [0.2, 0.25) is 0 Å². The number of rotatable bonds is 7. The minimum atomic E-state index is -1.43. The molecule has 1 saturated heterocycles. The first-order valence-corrected chi connectivity index (χ1v) is 9.19. The molecule has 1 aliphatic rings. The molecule has 1 fully saturated rings. The number of imide groups is 2. The highest BCUT2D eigenvalue weighted by Crippen LogP contribution is 2.25. The molecule has 1 atom stereocenters. The number of nitrogens with zero attached hydrogens (tertiary/aromatic N) is 1. The number of hydrogen-bond acceptors (Lipinski definition) is 6. The van der Waals surface area contributed by atoms with E-state index in [0.29, 0.717) is 18.4 Å². The molecule has 156 valence electrons. The standard InChI is InChI=1S/C19H24N4O6/c1-4-19(5-2)16(26)23(18(28)22-19)11-13(24)29-14(12-9-7-6-8-10-12)15(25)21-17(27)20-3/h6-10,14H,4-5,11H2,1-3H3,(H,22,28)(H2,20,21,25,27)/t14-/m0/s1. The first-order chi connectivity index (χ1) is 13.8. The Morgan fingerprint density at radius 1 is 1.14 bits per heavy atom. The summed E-state index contributed by atoms with van der Waals surface area (Å²) in [6.07, 6.45) is -0.675. The van der Waals surface area contributed by atoms with Gasteiger partial charge in [0.15, 0.2) is 0 Å². The molecule has 1 aliphatic heterocycles. The lowest BCUT2D eigenvalue weighted by Gasteiger charge is -2.23. The second-order valence-corrected chi connectivity index (χ2v) is 6.46. The van der Waals surface area contributed by atoms with E-state index in [4.69, 9.17) is 4.74 Å². The van der Waals surface area contributed by atoms with Gasteiger partial charge in [0, 0.05) is 12.6 Å². The minimum Gasteiger partial charge on any atom is -0.446 e. The van der Waals surface area contributed by atoms with E-state index in [9.17, 15) is 24.0 Å². The predicted octanol–water partition coefficient (Wildman–Crippen LogP) is 0.837. The molecule has 0 saturated carbocycles. The topological polar surface area (TPSA) is 134 Å². The smallest absolute Gasteiger partial charge is 0.327 e. The maximum atomic E-state index is 12.6. The van der Waals surface area contributed by atoms with E-state index in [-0.39, 0.29) is 0 Å². The number of urea groups is 2. The Balaban J connectivity index is 2.16. The Morgan fingerprint density at radius 2 is 1.76 bits per heavy atom. The summed E-state index contributed by atoms with van der Waals surface area (Å²) in [7, 11) is 1.33. The van der Waals surface area contributed by atoms with E-state index in [1.54, 1.807) is 44.2 Å². The van der Waals surface area contributed by atoms with Crippen LogP contribution in [0.5, 0.6) is 0 Å². The highest BCUT2D eigenvalue weighted by Gasteiger charge is 2.49. The summed E-state index contributed by atoms with van der Waals surface area (Å²) in [5.41, 5.74) is -0.719. The van der Waals surface area contributed by atoms with Crippen molar-refractivity contribution in [1.29, 1.82) is 0 Å². The van der Waals surface area contributed by atoms with E-state index in [2.05, 4.69) is 16.0 Å². The van der Waals surface area contributed by atoms with Crippen LogP contribution in [0, 0.1) is 0 Å². The van der Waals surface area contributed by atoms with Gasteiger partial charge in [-0.3, -0.25) is 24.6 Å². The Morgan fingerprint density at radius 3 is 2.28 bits per heavy atom. The molecule has 1 aromatic carbocycles. The zero-order chi connectivity index (χ0) is 21.6. The fraction of sp³-hybridized carbons (Fsp3) is 0.421. The van der Waals surface area contributed by atoms with Crippen LogP contribution in [0.1, 0.15) is 38.4 Å². The van der Waals surface area contributed by atoms with Crippen LogP contribution in [-0.4, -0.2) is 53.9 Å². The summed E-state index contributed by atoms with van der Waals surface area (Å²) < 4.78 is 5.23. The quantitative estimate of drug-likeness (QED) is 0.455. The van der Waals surface area contributed by atoms with Crippen LogP contribution in [0.15, 0.2) is 30.3 Å². The van der Waals surface area contributed by atoms with Gasteiger partial charge in [-0.05, 0) is 12.8 Å². The molecule has 0 spiro atoms. The first kappa shape index (κ1) is 21.9. The van der Waals surface area contributed by atoms with Crippen molar-refractivity contribution in [3.05, 3.63) is 35.9 Å². The molecule has 29 heavy (non-hydrogen) atoms. The van der Waals surface area contributed by atoms with Crippen molar-refractivity contribution in [1.82, 2.24) is 20.9 Å². The van der Waals surface area contributed by atoms with Crippen LogP contribution in [-0.2, 0) is 19.1 Å². The Labute approximate surface area is 168 Å². The largest absolute Gasteiger partial charge is 0.446 e. The zero-order valence-electron chi connectivity index (χ0n) is 16.5. The van der Waals surface area contributed by atoms with Gasteiger partial charge in [-0.15, -0.1) is 0 Å². The maximum absolute atomic E-state index is 12.6. The molecule has 0 radical (unpaired) electrons. The molecule has 1 heterocycles. The molecule has 0 aromatic heterocycles. The molecule has 3 N–H and O–H groups in total. The summed E-state index contributed by atoms with van der Waals surface area (Å²) in [6.45, 7) is 2.87. The Bertz CT molecular complexity index is 806. The first-order valence-electron chi connectivity index (χ1n) is 9.19. The van der Waals surface area contributed by atoms with Gasteiger partial charge in [0.2, 0.25) is 6.10 Å². The summed E-state index contributed by atoms with van der Waals surface area (Å²) in [6, 6.07) is 6.62. The van der Waals surface area contributed by atoms with Gasteiger partial charge >= 0.3 is 18.0 Å². The number of esters is 1. The average molecular weight is 404 g/mol. The number of nitrogens with one attached hydrogen (secondary N) is 3. The number of hydrogen-bond donors (Lipinski definition) is 3. The summed E-state index contributed by atoms with van der Waals surface area (Å²) >= 11 is 0. The van der Waals surface area contributed by atoms with Crippen molar-refractivity contribution < 1.29 is 28.7 Å². The molecule has 0 aliphatic carbocycles. The van der Waals surface area contributed by atoms with Crippen LogP contribution in [0.3, 0.4) is 0 Å². The lowest BCUT2D eigenvalue weighted by atomic mass is 9.93. The highest BCUT2D eigenvalue weighted by molar-refractivity contribution is 6.08. The van der Waals surface area contributed by atoms with E-state index >= 15 is 0 Å². The van der Waals surface area contributed by atoms with Gasteiger partial charge in [0.1, 0.15) is 12.1 Å². The Kier molecular flexibility index (Phi) is 6.92. The van der Waals surface area contributed by atoms with Crippen molar-refractivity contribution in [2.24, 2.45) is 0 Å². The predicted molar refractivity (Wildman–Crippen MR) is 101 cm³/mol. The van der Waals surface area contributed by atoms with E-state index in [0.717, 1.165) is 4.90 Å². The van der Waals surface area contributed by atoms with E-state index < -0.39 is 48.0 Å². The van der Waals surface area contributed by atoms with Crippen molar-refractivity contribution in [2.45, 2.75) is 38.3 Å². The third kappa shape index (κ3) is 4.71. The van der Waals surface area contributed by atoms with Gasteiger partial charge in [-0.2, -0.15) is 0 Å². The van der Waals surface area contributed by atoms with Gasteiger partial charge in [0.05, 0.1) is 0 Å². The highest BCUT2D eigenvalue weighted by atomic mass is 16.5. The molecule has 1 aromatic rings. The molecule has 0 unspecified atom stereocenters. The fourth-order valence-corrected chi connectivity index (χ4v) is 2.99. The van der Waals surface area contributed by atoms with Crippen LogP contribution < -0.4 is 16.0 Å². The van der Waals surface area contributed by atoms with Gasteiger partial charge in [0.25, 0.3) is 11.8 Å². The second kappa shape index (κ2) is 9.18. The zero-order valence-corrected chi connectivity index (χ0v) is 16.5. The number of carbonyl (C=O) groups is 5. The molecule has 0 bridgehead atoms. The SMILES string of the molecule is CCC1(CC)NC(=O)N(CC(=O)O[C@H](C(=O)NC(=O)NC)c2ccccc2)C1=O. The lowest BCUT2D eigenvalue weighted by molar-refractivity contribution is -0.158.